The Hall–Kier alpha value is -0.0800. The third kappa shape index (κ3) is 2.60. The lowest BCUT2D eigenvalue weighted by Gasteiger charge is -2.38. The molecule has 2 atom stereocenters. The molecule has 0 amide bonds. The van der Waals surface area contributed by atoms with Gasteiger partial charge < -0.3 is 10.2 Å². The van der Waals surface area contributed by atoms with E-state index in [0.29, 0.717) is 5.54 Å². The van der Waals surface area contributed by atoms with E-state index in [-0.39, 0.29) is 0 Å². The van der Waals surface area contributed by atoms with E-state index in [1.165, 1.54) is 77.4 Å². The van der Waals surface area contributed by atoms with Crippen molar-refractivity contribution in [3.05, 3.63) is 0 Å². The first-order valence-corrected chi connectivity index (χ1v) is 8.23. The fraction of sp³-hybridized carbons (Fsp3) is 1.00. The fourth-order valence-corrected chi connectivity index (χ4v) is 4.74. The van der Waals surface area contributed by atoms with Crippen LogP contribution in [0.25, 0.3) is 0 Å². The van der Waals surface area contributed by atoms with Gasteiger partial charge in [0.2, 0.25) is 0 Å². The van der Waals surface area contributed by atoms with E-state index in [9.17, 15) is 0 Å². The van der Waals surface area contributed by atoms with Crippen LogP contribution in [0, 0.1) is 11.8 Å². The summed E-state index contributed by atoms with van der Waals surface area (Å²) < 4.78 is 0. The Bertz CT molecular complexity index is 258. The van der Waals surface area contributed by atoms with Crippen molar-refractivity contribution >= 4 is 0 Å². The lowest BCUT2D eigenvalue weighted by Crippen LogP contribution is -2.46. The number of hydrogen-bond acceptors (Lipinski definition) is 2. The number of rotatable bonds is 4. The third-order valence-electron chi connectivity index (χ3n) is 6.05. The maximum atomic E-state index is 3.67. The van der Waals surface area contributed by atoms with Gasteiger partial charge in [0, 0.05) is 18.6 Å². The van der Waals surface area contributed by atoms with Crippen molar-refractivity contribution in [3.63, 3.8) is 0 Å². The van der Waals surface area contributed by atoms with Crippen molar-refractivity contribution in [1.82, 2.24) is 10.2 Å². The Labute approximate surface area is 113 Å². The minimum atomic E-state index is 0.482. The van der Waals surface area contributed by atoms with Gasteiger partial charge in [0.1, 0.15) is 0 Å². The molecule has 0 aromatic rings. The molecule has 1 saturated heterocycles. The molecule has 104 valence electrons. The molecule has 0 aromatic heterocycles. The number of fused-ring (bicyclic) bond motifs is 1. The molecule has 2 aliphatic carbocycles. The van der Waals surface area contributed by atoms with E-state index in [2.05, 4.69) is 17.3 Å². The van der Waals surface area contributed by atoms with Gasteiger partial charge in [-0.05, 0) is 57.5 Å². The third-order valence-corrected chi connectivity index (χ3v) is 6.05. The second kappa shape index (κ2) is 5.50. The summed E-state index contributed by atoms with van der Waals surface area (Å²) in [6.45, 7) is 4.16. The summed E-state index contributed by atoms with van der Waals surface area (Å²) in [5, 5.41) is 3.67. The molecule has 1 heterocycles. The van der Waals surface area contributed by atoms with E-state index in [1.54, 1.807) is 0 Å². The minimum Gasteiger partial charge on any atom is -0.314 e. The van der Waals surface area contributed by atoms with Gasteiger partial charge in [0.15, 0.2) is 0 Å². The first kappa shape index (κ1) is 12.9. The number of hydrogen-bond donors (Lipinski definition) is 1. The van der Waals surface area contributed by atoms with Crippen molar-refractivity contribution in [2.75, 3.05) is 26.7 Å². The highest BCUT2D eigenvalue weighted by atomic mass is 15.2. The van der Waals surface area contributed by atoms with Crippen LogP contribution >= 0.6 is 0 Å². The van der Waals surface area contributed by atoms with Gasteiger partial charge in [-0.25, -0.2) is 0 Å². The Morgan fingerprint density at radius 2 is 1.67 bits per heavy atom. The average Bonchev–Trinajstić information content (AvgIpc) is 2.98. The molecule has 3 aliphatic rings. The lowest BCUT2D eigenvalue weighted by molar-refractivity contribution is 0.192. The highest BCUT2D eigenvalue weighted by Crippen LogP contribution is 2.38. The smallest absolute Gasteiger partial charge is 0.0190 e. The molecule has 2 heteroatoms. The average molecular weight is 250 g/mol. The van der Waals surface area contributed by atoms with Gasteiger partial charge in [-0.3, -0.25) is 0 Å². The molecule has 3 fully saturated rings. The van der Waals surface area contributed by atoms with Gasteiger partial charge >= 0.3 is 0 Å². The highest BCUT2D eigenvalue weighted by molar-refractivity contribution is 4.93. The largest absolute Gasteiger partial charge is 0.314 e. The molecule has 18 heavy (non-hydrogen) atoms. The Kier molecular flexibility index (Phi) is 3.95. The van der Waals surface area contributed by atoms with Crippen LogP contribution in [0.15, 0.2) is 0 Å². The zero-order valence-corrected chi connectivity index (χ0v) is 12.1. The summed E-state index contributed by atoms with van der Waals surface area (Å²) in [6.07, 6.45) is 13.0. The quantitative estimate of drug-likeness (QED) is 0.825. The molecule has 2 saturated carbocycles. The van der Waals surface area contributed by atoms with Gasteiger partial charge in [0.25, 0.3) is 0 Å². The maximum Gasteiger partial charge on any atom is 0.0190 e. The standard InChI is InChI=1S/C16H30N2/c1-17-16(8-3-2-4-9-16)10-11-18-12-14-6-5-7-15(14)13-18/h14-15,17H,2-13H2,1H3. The zero-order chi connectivity index (χ0) is 12.4. The normalized spacial score (nSPS) is 35.8. The van der Waals surface area contributed by atoms with Crippen molar-refractivity contribution in [2.24, 2.45) is 11.8 Å². The monoisotopic (exact) mass is 250 g/mol. The van der Waals surface area contributed by atoms with E-state index < -0.39 is 0 Å². The summed E-state index contributed by atoms with van der Waals surface area (Å²) >= 11 is 0. The van der Waals surface area contributed by atoms with E-state index in [4.69, 9.17) is 0 Å². The molecule has 2 nitrogen and oxygen atoms in total. The van der Waals surface area contributed by atoms with Crippen molar-refractivity contribution in [3.8, 4) is 0 Å². The summed E-state index contributed by atoms with van der Waals surface area (Å²) in [6, 6.07) is 0. The van der Waals surface area contributed by atoms with Gasteiger partial charge in [-0.2, -0.15) is 0 Å². The van der Waals surface area contributed by atoms with Crippen LogP contribution in [0.1, 0.15) is 57.8 Å². The molecule has 0 aromatic carbocycles. The molecule has 1 aliphatic heterocycles. The number of likely N-dealkylation sites (tertiary alicyclic amines) is 1. The van der Waals surface area contributed by atoms with Crippen molar-refractivity contribution < 1.29 is 0 Å². The van der Waals surface area contributed by atoms with Crippen LogP contribution in [0.5, 0.6) is 0 Å². The topological polar surface area (TPSA) is 15.3 Å². The summed E-state index contributed by atoms with van der Waals surface area (Å²) in [7, 11) is 2.18. The second-order valence-electron chi connectivity index (χ2n) is 7.05. The SMILES string of the molecule is CNC1(CCN2CC3CCCC3C2)CCCCC1. The van der Waals surface area contributed by atoms with Gasteiger partial charge in [-0.1, -0.05) is 25.7 Å². The van der Waals surface area contributed by atoms with Crippen LogP contribution in [-0.2, 0) is 0 Å². The summed E-state index contributed by atoms with van der Waals surface area (Å²) in [4.78, 5) is 2.77. The second-order valence-corrected chi connectivity index (χ2v) is 7.05. The molecular formula is C16H30N2. The Morgan fingerprint density at radius 3 is 2.28 bits per heavy atom. The number of nitrogens with zero attached hydrogens (tertiary/aromatic N) is 1. The van der Waals surface area contributed by atoms with Crippen molar-refractivity contribution in [2.45, 2.75) is 63.3 Å². The molecular weight excluding hydrogens is 220 g/mol. The maximum absolute atomic E-state index is 3.67. The first-order chi connectivity index (χ1) is 8.81. The zero-order valence-electron chi connectivity index (χ0n) is 12.1. The van der Waals surface area contributed by atoms with E-state index >= 15 is 0 Å². The summed E-state index contributed by atoms with van der Waals surface area (Å²) in [5.74, 6) is 2.11. The number of nitrogens with one attached hydrogen (secondary N) is 1. The summed E-state index contributed by atoms with van der Waals surface area (Å²) in [5.41, 5.74) is 0.482. The molecule has 3 rings (SSSR count). The molecule has 1 N–H and O–H groups in total. The molecule has 0 spiro atoms. The van der Waals surface area contributed by atoms with E-state index in [1.807, 2.05) is 0 Å². The van der Waals surface area contributed by atoms with Crippen molar-refractivity contribution in [1.29, 1.82) is 0 Å². The van der Waals surface area contributed by atoms with Gasteiger partial charge in [0.05, 0.1) is 0 Å². The minimum absolute atomic E-state index is 0.482. The molecule has 0 bridgehead atoms. The predicted molar refractivity (Wildman–Crippen MR) is 76.8 cm³/mol. The van der Waals surface area contributed by atoms with E-state index in [0.717, 1.165) is 11.8 Å². The van der Waals surface area contributed by atoms with Crippen LogP contribution < -0.4 is 5.32 Å². The van der Waals surface area contributed by atoms with Crippen LogP contribution in [-0.4, -0.2) is 37.1 Å². The molecule has 2 unspecified atom stereocenters. The highest BCUT2D eigenvalue weighted by Gasteiger charge is 2.37. The van der Waals surface area contributed by atoms with Crippen LogP contribution in [0.3, 0.4) is 0 Å². The first-order valence-electron chi connectivity index (χ1n) is 8.23. The fourth-order valence-electron chi connectivity index (χ4n) is 4.74. The van der Waals surface area contributed by atoms with Gasteiger partial charge in [-0.15, -0.1) is 0 Å². The van der Waals surface area contributed by atoms with Crippen LogP contribution in [0.2, 0.25) is 0 Å². The Balaban J connectivity index is 1.48. The van der Waals surface area contributed by atoms with Crippen LogP contribution in [0.4, 0.5) is 0 Å². The predicted octanol–water partition coefficient (Wildman–Crippen LogP) is 3.03. The Morgan fingerprint density at radius 1 is 1.00 bits per heavy atom. The molecule has 0 radical (unpaired) electrons. The lowest BCUT2D eigenvalue weighted by atomic mass is 9.79.